The Bertz CT molecular complexity index is 908. The Morgan fingerprint density at radius 1 is 1.26 bits per heavy atom. The van der Waals surface area contributed by atoms with E-state index in [1.807, 2.05) is 37.4 Å². The van der Waals surface area contributed by atoms with E-state index in [-0.39, 0.29) is 18.0 Å². The van der Waals surface area contributed by atoms with Gasteiger partial charge in [-0.2, -0.15) is 0 Å². The molecule has 0 aliphatic carbocycles. The van der Waals surface area contributed by atoms with E-state index in [2.05, 4.69) is 15.6 Å². The average Bonchev–Trinajstić information content (AvgIpc) is 3.29. The monoisotopic (exact) mass is 365 g/mol. The standard InChI is InChI=1S/C20H23N5O2/c1-12(16-3-2-8-22-16)18-15-11-14(4-5-17(15)24-19(18)26)23-20(27)25-9-6-13(21)7-10-25/h2-5,8,11,13,22H,6-7,9-10,21H2,1H3,(H,23,27)(H,24,26). The maximum Gasteiger partial charge on any atom is 0.321 e. The molecule has 1 aromatic heterocycles. The number of anilines is 2. The van der Waals surface area contributed by atoms with Crippen LogP contribution in [0.3, 0.4) is 0 Å². The molecule has 0 bridgehead atoms. The first-order valence-corrected chi connectivity index (χ1v) is 9.15. The first-order chi connectivity index (χ1) is 13.0. The number of nitrogens with zero attached hydrogens (tertiary/aromatic N) is 1. The largest absolute Gasteiger partial charge is 0.361 e. The van der Waals surface area contributed by atoms with Crippen LogP contribution in [0.1, 0.15) is 31.0 Å². The van der Waals surface area contributed by atoms with Crippen molar-refractivity contribution in [3.8, 4) is 0 Å². The van der Waals surface area contributed by atoms with E-state index in [1.54, 1.807) is 11.0 Å². The smallest absolute Gasteiger partial charge is 0.321 e. The van der Waals surface area contributed by atoms with E-state index in [4.69, 9.17) is 5.73 Å². The van der Waals surface area contributed by atoms with Gasteiger partial charge in [0, 0.05) is 48.0 Å². The molecule has 27 heavy (non-hydrogen) atoms. The molecule has 0 saturated carbocycles. The Hall–Kier alpha value is -3.06. The summed E-state index contributed by atoms with van der Waals surface area (Å²) < 4.78 is 0. The molecule has 0 spiro atoms. The number of urea groups is 1. The number of fused-ring (bicyclic) bond motifs is 1. The van der Waals surface area contributed by atoms with Gasteiger partial charge in [0.2, 0.25) is 0 Å². The number of nitrogens with one attached hydrogen (secondary N) is 3. The summed E-state index contributed by atoms with van der Waals surface area (Å²) in [4.78, 5) is 29.9. The van der Waals surface area contributed by atoms with Crippen molar-refractivity contribution in [2.75, 3.05) is 23.7 Å². The first kappa shape index (κ1) is 17.4. The van der Waals surface area contributed by atoms with Crippen molar-refractivity contribution in [1.29, 1.82) is 0 Å². The molecule has 5 N–H and O–H groups in total. The lowest BCUT2D eigenvalue weighted by molar-refractivity contribution is -0.110. The Morgan fingerprint density at radius 3 is 2.74 bits per heavy atom. The fraction of sp³-hybridized carbons (Fsp3) is 0.300. The van der Waals surface area contributed by atoms with Crippen molar-refractivity contribution in [3.05, 3.63) is 47.8 Å². The Labute approximate surface area is 157 Å². The van der Waals surface area contributed by atoms with Crippen LogP contribution in [-0.2, 0) is 4.79 Å². The van der Waals surface area contributed by atoms with Crippen LogP contribution in [0.5, 0.6) is 0 Å². The van der Waals surface area contributed by atoms with Gasteiger partial charge in [-0.1, -0.05) is 0 Å². The lowest BCUT2D eigenvalue weighted by atomic mass is 9.99. The van der Waals surface area contributed by atoms with Gasteiger partial charge in [-0.15, -0.1) is 0 Å². The molecule has 0 radical (unpaired) electrons. The minimum absolute atomic E-state index is 0.134. The highest BCUT2D eigenvalue weighted by Gasteiger charge is 2.28. The zero-order chi connectivity index (χ0) is 19.0. The van der Waals surface area contributed by atoms with Crippen molar-refractivity contribution in [3.63, 3.8) is 0 Å². The number of carbonyl (C=O) groups excluding carboxylic acids is 2. The maximum absolute atomic E-state index is 12.5. The summed E-state index contributed by atoms with van der Waals surface area (Å²) in [5, 5.41) is 5.83. The number of hydrogen-bond acceptors (Lipinski definition) is 3. The van der Waals surface area contributed by atoms with Crippen LogP contribution in [0.15, 0.2) is 36.5 Å². The number of rotatable bonds is 2. The van der Waals surface area contributed by atoms with Crippen molar-refractivity contribution < 1.29 is 9.59 Å². The van der Waals surface area contributed by atoms with E-state index in [0.29, 0.717) is 24.4 Å². The molecule has 3 heterocycles. The number of piperidine rings is 1. The molecule has 2 aliphatic heterocycles. The summed E-state index contributed by atoms with van der Waals surface area (Å²) in [7, 11) is 0. The first-order valence-electron chi connectivity index (χ1n) is 9.15. The summed E-state index contributed by atoms with van der Waals surface area (Å²) in [5.41, 5.74) is 10.5. The van der Waals surface area contributed by atoms with Crippen molar-refractivity contribution in [1.82, 2.24) is 9.88 Å². The zero-order valence-electron chi connectivity index (χ0n) is 15.2. The molecule has 3 amide bonds. The predicted octanol–water partition coefficient (Wildman–Crippen LogP) is 2.85. The van der Waals surface area contributed by atoms with Gasteiger partial charge in [-0.05, 0) is 55.7 Å². The van der Waals surface area contributed by atoms with Crippen LogP contribution in [0, 0.1) is 0 Å². The molecule has 2 aromatic rings. The van der Waals surface area contributed by atoms with E-state index in [1.165, 1.54) is 0 Å². The number of benzene rings is 1. The number of hydrogen-bond donors (Lipinski definition) is 4. The van der Waals surface area contributed by atoms with E-state index >= 15 is 0 Å². The van der Waals surface area contributed by atoms with Crippen LogP contribution in [0.2, 0.25) is 0 Å². The summed E-state index contributed by atoms with van der Waals surface area (Å²) in [6.07, 6.45) is 3.46. The molecule has 0 atom stereocenters. The summed E-state index contributed by atoms with van der Waals surface area (Å²) in [6, 6.07) is 9.35. The number of nitrogens with two attached hydrogens (primary N) is 1. The zero-order valence-corrected chi connectivity index (χ0v) is 15.2. The quantitative estimate of drug-likeness (QED) is 0.615. The number of H-pyrrole nitrogens is 1. The number of allylic oxidation sites excluding steroid dienone is 1. The second-order valence-corrected chi connectivity index (χ2v) is 7.05. The normalized spacial score (nSPS) is 18.9. The third-order valence-corrected chi connectivity index (χ3v) is 5.22. The van der Waals surface area contributed by atoms with Crippen molar-refractivity contribution in [2.24, 2.45) is 5.73 Å². The van der Waals surface area contributed by atoms with Crippen LogP contribution in [0.4, 0.5) is 16.2 Å². The van der Waals surface area contributed by atoms with Crippen LogP contribution >= 0.6 is 0 Å². The van der Waals surface area contributed by atoms with Crippen molar-refractivity contribution in [2.45, 2.75) is 25.8 Å². The Kier molecular flexibility index (Phi) is 4.45. The number of carbonyl (C=O) groups is 2. The minimum atomic E-state index is -0.134. The average molecular weight is 365 g/mol. The second-order valence-electron chi connectivity index (χ2n) is 7.05. The highest BCUT2D eigenvalue weighted by Crippen LogP contribution is 2.38. The molecule has 1 aromatic carbocycles. The summed E-state index contributed by atoms with van der Waals surface area (Å²) >= 11 is 0. The van der Waals surface area contributed by atoms with Gasteiger partial charge in [-0.25, -0.2) is 4.79 Å². The number of aromatic amines is 1. The fourth-order valence-electron chi connectivity index (χ4n) is 3.62. The van der Waals surface area contributed by atoms with Gasteiger partial charge in [0.05, 0.1) is 5.57 Å². The summed E-state index contributed by atoms with van der Waals surface area (Å²) in [5.74, 6) is -0.134. The predicted molar refractivity (Wildman–Crippen MR) is 106 cm³/mol. The SMILES string of the molecule is CC(=C1C(=O)Nc2ccc(NC(=O)N3CCC(N)CC3)cc21)c1ccc[nH]1. The maximum atomic E-state index is 12.5. The van der Waals surface area contributed by atoms with Crippen LogP contribution in [-0.4, -0.2) is 41.0 Å². The number of amides is 3. The van der Waals surface area contributed by atoms with Crippen molar-refractivity contribution >= 4 is 34.5 Å². The van der Waals surface area contributed by atoms with Gasteiger partial charge in [0.25, 0.3) is 5.91 Å². The topological polar surface area (TPSA) is 103 Å². The Balaban J connectivity index is 1.59. The summed E-state index contributed by atoms with van der Waals surface area (Å²) in [6.45, 7) is 3.24. The molecule has 0 unspecified atom stereocenters. The lowest BCUT2D eigenvalue weighted by Gasteiger charge is -2.30. The van der Waals surface area contributed by atoms with Gasteiger partial charge >= 0.3 is 6.03 Å². The number of likely N-dealkylation sites (tertiary alicyclic amines) is 1. The lowest BCUT2D eigenvalue weighted by Crippen LogP contribution is -2.44. The van der Waals surface area contributed by atoms with Gasteiger partial charge < -0.3 is 26.3 Å². The molecular formula is C20H23N5O2. The molecular weight excluding hydrogens is 342 g/mol. The molecule has 1 fully saturated rings. The number of aromatic nitrogens is 1. The molecule has 2 aliphatic rings. The molecule has 4 rings (SSSR count). The molecule has 7 heteroatoms. The van der Waals surface area contributed by atoms with Gasteiger partial charge in [-0.3, -0.25) is 4.79 Å². The minimum Gasteiger partial charge on any atom is -0.361 e. The second kappa shape index (κ2) is 6.92. The van der Waals surface area contributed by atoms with Crippen LogP contribution < -0.4 is 16.4 Å². The highest BCUT2D eigenvalue weighted by molar-refractivity contribution is 6.36. The third-order valence-electron chi connectivity index (χ3n) is 5.22. The molecule has 140 valence electrons. The fourth-order valence-corrected chi connectivity index (χ4v) is 3.62. The Morgan fingerprint density at radius 2 is 2.04 bits per heavy atom. The van der Waals surface area contributed by atoms with Gasteiger partial charge in [0.15, 0.2) is 0 Å². The van der Waals surface area contributed by atoms with Gasteiger partial charge in [0.1, 0.15) is 0 Å². The highest BCUT2D eigenvalue weighted by atomic mass is 16.2. The van der Waals surface area contributed by atoms with E-state index in [0.717, 1.165) is 35.4 Å². The third kappa shape index (κ3) is 3.33. The van der Waals surface area contributed by atoms with Crippen LogP contribution in [0.25, 0.3) is 11.1 Å². The molecule has 1 saturated heterocycles. The van der Waals surface area contributed by atoms with E-state index in [9.17, 15) is 9.59 Å². The molecule has 7 nitrogen and oxygen atoms in total. The van der Waals surface area contributed by atoms with E-state index < -0.39 is 0 Å².